The van der Waals surface area contributed by atoms with Crippen molar-refractivity contribution in [3.8, 4) is 6.01 Å². The maximum atomic E-state index is 13.3. The minimum Gasteiger partial charge on any atom is -0.467 e. The molecule has 1 N–H and O–H groups in total. The Morgan fingerprint density at radius 3 is 2.59 bits per heavy atom. The Morgan fingerprint density at radius 2 is 1.84 bits per heavy atom. The van der Waals surface area contributed by atoms with Crippen molar-refractivity contribution in [1.29, 1.82) is 0 Å². The molecule has 1 saturated carbocycles. The van der Waals surface area contributed by atoms with Crippen LogP contribution >= 0.6 is 0 Å². The first-order valence-electron chi connectivity index (χ1n) is 11.7. The number of aromatic nitrogens is 4. The molecule has 0 radical (unpaired) electrons. The Kier molecular flexibility index (Phi) is 5.91. The standard InChI is InChI=1S/C23H30N6O3/c1-32-23-24-12-15(13-25-23)22(31)29-10-5-4-8-19(29)20-26-18-14-28(16-6-2-3-7-16)11-9-17(18)21(30)27-20/h12-13,16,19H,2-11,14H2,1H3,(H,26,27,30)/t19-/m1/s1. The van der Waals surface area contributed by atoms with Crippen LogP contribution in [0.1, 0.15) is 78.4 Å². The van der Waals surface area contributed by atoms with E-state index in [1.165, 1.54) is 45.2 Å². The normalized spacial score (nSPS) is 22.0. The molecule has 0 unspecified atom stereocenters. The van der Waals surface area contributed by atoms with Crippen molar-refractivity contribution in [2.24, 2.45) is 0 Å². The zero-order chi connectivity index (χ0) is 22.1. The predicted octanol–water partition coefficient (Wildman–Crippen LogP) is 2.24. The number of nitrogens with zero attached hydrogens (tertiary/aromatic N) is 5. The summed E-state index contributed by atoms with van der Waals surface area (Å²) in [6.07, 6.45) is 11.5. The molecule has 2 aliphatic heterocycles. The molecular weight excluding hydrogens is 408 g/mol. The van der Waals surface area contributed by atoms with Crippen LogP contribution in [0, 0.1) is 0 Å². The molecule has 32 heavy (non-hydrogen) atoms. The third-order valence-corrected chi connectivity index (χ3v) is 7.10. The summed E-state index contributed by atoms with van der Waals surface area (Å²) >= 11 is 0. The molecule has 1 saturated heterocycles. The van der Waals surface area contributed by atoms with Gasteiger partial charge in [0.2, 0.25) is 0 Å². The van der Waals surface area contributed by atoms with Gasteiger partial charge in [-0.05, 0) is 38.5 Å². The smallest absolute Gasteiger partial charge is 0.316 e. The van der Waals surface area contributed by atoms with E-state index in [0.717, 1.165) is 50.0 Å². The molecule has 1 amide bonds. The molecule has 0 spiro atoms. The van der Waals surface area contributed by atoms with Gasteiger partial charge < -0.3 is 14.6 Å². The van der Waals surface area contributed by atoms with E-state index in [-0.39, 0.29) is 23.5 Å². The Hall–Kier alpha value is -2.81. The number of amides is 1. The highest BCUT2D eigenvalue weighted by atomic mass is 16.5. The number of hydrogen-bond donors (Lipinski definition) is 1. The Morgan fingerprint density at radius 1 is 1.09 bits per heavy atom. The minimum absolute atomic E-state index is 0.0539. The third kappa shape index (κ3) is 4.01. The van der Waals surface area contributed by atoms with Crippen LogP contribution in [0.5, 0.6) is 6.01 Å². The van der Waals surface area contributed by atoms with Gasteiger partial charge in [0.1, 0.15) is 5.82 Å². The van der Waals surface area contributed by atoms with Crippen LogP contribution in [-0.4, -0.2) is 61.9 Å². The van der Waals surface area contributed by atoms with Gasteiger partial charge in [-0.3, -0.25) is 14.5 Å². The fourth-order valence-corrected chi connectivity index (χ4v) is 5.37. The number of fused-ring (bicyclic) bond motifs is 1. The van der Waals surface area contributed by atoms with Crippen molar-refractivity contribution in [1.82, 2.24) is 29.7 Å². The van der Waals surface area contributed by atoms with Crippen molar-refractivity contribution >= 4 is 5.91 Å². The Labute approximate surface area is 187 Å². The molecule has 1 atom stereocenters. The molecular formula is C23H30N6O3. The monoisotopic (exact) mass is 438 g/mol. The molecule has 2 aromatic heterocycles. The highest BCUT2D eigenvalue weighted by Gasteiger charge is 2.33. The summed E-state index contributed by atoms with van der Waals surface area (Å²) in [4.78, 5) is 46.6. The minimum atomic E-state index is -0.252. The number of aromatic amines is 1. The average molecular weight is 439 g/mol. The summed E-state index contributed by atoms with van der Waals surface area (Å²) in [5, 5.41) is 0. The summed E-state index contributed by atoms with van der Waals surface area (Å²) in [5.41, 5.74) is 2.04. The average Bonchev–Trinajstić information content (AvgIpc) is 3.38. The molecule has 5 rings (SSSR count). The van der Waals surface area contributed by atoms with Crippen molar-refractivity contribution in [2.75, 3.05) is 20.2 Å². The van der Waals surface area contributed by atoms with Crippen LogP contribution in [0.25, 0.3) is 0 Å². The first-order chi connectivity index (χ1) is 15.6. The predicted molar refractivity (Wildman–Crippen MR) is 117 cm³/mol. The number of likely N-dealkylation sites (tertiary alicyclic amines) is 1. The fourth-order valence-electron chi connectivity index (χ4n) is 5.37. The van der Waals surface area contributed by atoms with E-state index in [1.807, 2.05) is 0 Å². The van der Waals surface area contributed by atoms with Gasteiger partial charge in [0.25, 0.3) is 11.5 Å². The number of rotatable bonds is 4. The molecule has 3 aliphatic rings. The second-order valence-electron chi connectivity index (χ2n) is 9.00. The molecule has 170 valence electrons. The molecule has 0 bridgehead atoms. The number of H-pyrrole nitrogens is 1. The zero-order valence-electron chi connectivity index (χ0n) is 18.5. The Balaban J connectivity index is 1.42. The van der Waals surface area contributed by atoms with Gasteiger partial charge in [0.05, 0.1) is 24.4 Å². The summed E-state index contributed by atoms with van der Waals surface area (Å²) in [7, 11) is 1.49. The summed E-state index contributed by atoms with van der Waals surface area (Å²) in [5.74, 6) is 0.454. The maximum Gasteiger partial charge on any atom is 0.316 e. The van der Waals surface area contributed by atoms with Crippen LogP contribution in [0.15, 0.2) is 17.2 Å². The largest absolute Gasteiger partial charge is 0.467 e. The highest BCUT2D eigenvalue weighted by molar-refractivity contribution is 5.94. The maximum absolute atomic E-state index is 13.3. The lowest BCUT2D eigenvalue weighted by atomic mass is 9.99. The van der Waals surface area contributed by atoms with E-state index in [9.17, 15) is 9.59 Å². The molecule has 1 aliphatic carbocycles. The van der Waals surface area contributed by atoms with Crippen molar-refractivity contribution in [2.45, 2.75) is 70.0 Å². The molecule has 0 aromatic carbocycles. The summed E-state index contributed by atoms with van der Waals surface area (Å²) in [6, 6.07) is 0.581. The highest BCUT2D eigenvalue weighted by Crippen LogP contribution is 2.32. The van der Waals surface area contributed by atoms with E-state index in [2.05, 4.69) is 19.9 Å². The van der Waals surface area contributed by atoms with Crippen molar-refractivity contribution in [3.63, 3.8) is 0 Å². The van der Waals surface area contributed by atoms with E-state index < -0.39 is 0 Å². The van der Waals surface area contributed by atoms with E-state index in [4.69, 9.17) is 9.72 Å². The van der Waals surface area contributed by atoms with Gasteiger partial charge in [0.15, 0.2) is 0 Å². The second-order valence-corrected chi connectivity index (χ2v) is 9.00. The van der Waals surface area contributed by atoms with E-state index in [0.29, 0.717) is 24.0 Å². The lowest BCUT2D eigenvalue weighted by molar-refractivity contribution is 0.0597. The van der Waals surface area contributed by atoms with Crippen molar-refractivity contribution < 1.29 is 9.53 Å². The molecule has 2 fully saturated rings. The molecule has 9 heteroatoms. The van der Waals surface area contributed by atoms with E-state index in [1.54, 1.807) is 4.90 Å². The SMILES string of the molecule is COc1ncc(C(=O)N2CCCC[C@@H]2c2nc3c(c(=O)[nH]2)CCN(C2CCCC2)C3)cn1. The third-order valence-electron chi connectivity index (χ3n) is 7.10. The van der Waals surface area contributed by atoms with Gasteiger partial charge in [-0.15, -0.1) is 0 Å². The topological polar surface area (TPSA) is 104 Å². The lowest BCUT2D eigenvalue weighted by Crippen LogP contribution is -2.43. The molecule has 9 nitrogen and oxygen atoms in total. The number of methoxy groups -OCH3 is 1. The number of carbonyl (C=O) groups excluding carboxylic acids is 1. The van der Waals surface area contributed by atoms with Crippen LogP contribution in [0.3, 0.4) is 0 Å². The zero-order valence-corrected chi connectivity index (χ0v) is 18.5. The second kappa shape index (κ2) is 8.97. The van der Waals surface area contributed by atoms with Gasteiger partial charge in [-0.25, -0.2) is 15.0 Å². The number of piperidine rings is 1. The number of nitrogens with one attached hydrogen (secondary N) is 1. The van der Waals surface area contributed by atoms with Crippen LogP contribution in [0.2, 0.25) is 0 Å². The number of carbonyl (C=O) groups is 1. The molecule has 4 heterocycles. The summed E-state index contributed by atoms with van der Waals surface area (Å²) in [6.45, 7) is 2.27. The first kappa shape index (κ1) is 21.1. The van der Waals surface area contributed by atoms with Crippen LogP contribution in [0.4, 0.5) is 0 Å². The Bertz CT molecular complexity index is 1030. The van der Waals surface area contributed by atoms with Gasteiger partial charge in [-0.1, -0.05) is 12.8 Å². The lowest BCUT2D eigenvalue weighted by Gasteiger charge is -2.36. The van der Waals surface area contributed by atoms with E-state index >= 15 is 0 Å². The molecule has 2 aromatic rings. The number of hydrogen-bond acceptors (Lipinski definition) is 7. The quantitative estimate of drug-likeness (QED) is 0.781. The van der Waals surface area contributed by atoms with Gasteiger partial charge in [0, 0.05) is 43.6 Å². The van der Waals surface area contributed by atoms with Crippen LogP contribution in [-0.2, 0) is 13.0 Å². The van der Waals surface area contributed by atoms with Gasteiger partial charge in [-0.2, -0.15) is 0 Å². The van der Waals surface area contributed by atoms with Gasteiger partial charge >= 0.3 is 6.01 Å². The summed E-state index contributed by atoms with van der Waals surface area (Å²) < 4.78 is 5.00. The first-order valence-corrected chi connectivity index (χ1v) is 11.7. The fraction of sp³-hybridized carbons (Fsp3) is 0.609. The van der Waals surface area contributed by atoms with Crippen molar-refractivity contribution in [3.05, 3.63) is 45.4 Å². The number of ether oxygens (including phenoxy) is 1. The van der Waals surface area contributed by atoms with Crippen LogP contribution < -0.4 is 10.3 Å².